The summed E-state index contributed by atoms with van der Waals surface area (Å²) >= 11 is 0. The van der Waals surface area contributed by atoms with E-state index in [0.717, 1.165) is 0 Å². The van der Waals surface area contributed by atoms with Gasteiger partial charge in [-0.1, -0.05) is 89.2 Å². The lowest BCUT2D eigenvalue weighted by Crippen LogP contribution is -2.58. The van der Waals surface area contributed by atoms with Crippen LogP contribution in [-0.4, -0.2) is 56.5 Å². The maximum absolute atomic E-state index is 12.9. The maximum Gasteiger partial charge on any atom is 0.412 e. The van der Waals surface area contributed by atoms with Gasteiger partial charge in [0.15, 0.2) is 18.5 Å². The lowest BCUT2D eigenvalue weighted by Gasteiger charge is -2.43. The van der Waals surface area contributed by atoms with Crippen LogP contribution in [0.25, 0.3) is 0 Å². The van der Waals surface area contributed by atoms with Gasteiger partial charge in [0, 0.05) is 24.4 Å². The van der Waals surface area contributed by atoms with Crippen molar-refractivity contribution in [1.29, 1.82) is 0 Å². The Morgan fingerprint density at radius 2 is 1.19 bits per heavy atom. The highest BCUT2D eigenvalue weighted by atomic mass is 16.7. The molecule has 3 aromatic carbocycles. The molecule has 0 bridgehead atoms. The Labute approximate surface area is 253 Å². The molecule has 5 unspecified atom stereocenters. The normalized spacial score (nSPS) is 20.5. The summed E-state index contributed by atoms with van der Waals surface area (Å²) in [6, 6.07) is 26.0. The zero-order valence-electron chi connectivity index (χ0n) is 25.5. The Kier molecular flexibility index (Phi) is 15.3. The Balaban J connectivity index is 0.00000155. The molecular formula is C33H42N2O8. The standard InChI is InChI=1S/C29H30N2O8.2C2H6/c1-19-23(18-36-28(33)30-21-14-8-4-9-15-21)37-27(35-2)25(38-26(32)20-12-6-3-7-13-20)24(19)39-29(34)31-22-16-10-5-11-17-22;2*1-2/h3-17,19,23-25,27H,18H2,1-2H3,(H,30,33)(H,31,34);2*1-2H3. The lowest BCUT2D eigenvalue weighted by molar-refractivity contribution is -0.277. The van der Waals surface area contributed by atoms with Crippen molar-refractivity contribution in [2.45, 2.75) is 59.2 Å². The lowest BCUT2D eigenvalue weighted by atomic mass is 9.90. The number of carbonyl (C=O) groups is 3. The molecule has 2 amide bonds. The summed E-state index contributed by atoms with van der Waals surface area (Å²) < 4.78 is 28.4. The van der Waals surface area contributed by atoms with E-state index < -0.39 is 48.7 Å². The molecule has 1 fully saturated rings. The first-order valence-electron chi connectivity index (χ1n) is 14.4. The van der Waals surface area contributed by atoms with E-state index in [2.05, 4.69) is 10.6 Å². The zero-order chi connectivity index (χ0) is 31.6. The molecule has 5 atom stereocenters. The minimum Gasteiger partial charge on any atom is -0.449 e. The molecule has 10 nitrogen and oxygen atoms in total. The first-order valence-corrected chi connectivity index (χ1v) is 14.4. The van der Waals surface area contributed by atoms with Gasteiger partial charge >= 0.3 is 18.2 Å². The van der Waals surface area contributed by atoms with Crippen molar-refractivity contribution >= 4 is 29.5 Å². The van der Waals surface area contributed by atoms with Gasteiger partial charge in [-0.25, -0.2) is 14.4 Å². The summed E-state index contributed by atoms with van der Waals surface area (Å²) in [7, 11) is 1.38. The topological polar surface area (TPSA) is 121 Å². The Morgan fingerprint density at radius 3 is 1.70 bits per heavy atom. The monoisotopic (exact) mass is 594 g/mol. The van der Waals surface area contributed by atoms with Crippen LogP contribution in [0.1, 0.15) is 45.0 Å². The number of hydrogen-bond donors (Lipinski definition) is 2. The maximum atomic E-state index is 12.9. The number of ether oxygens (including phenoxy) is 5. The van der Waals surface area contributed by atoms with Gasteiger partial charge in [-0.2, -0.15) is 0 Å². The Morgan fingerprint density at radius 1 is 0.698 bits per heavy atom. The third kappa shape index (κ3) is 10.7. The summed E-state index contributed by atoms with van der Waals surface area (Å²) in [6.07, 6.45) is -5.37. The van der Waals surface area contributed by atoms with Gasteiger partial charge in [0.05, 0.1) is 5.56 Å². The molecule has 0 spiro atoms. The predicted molar refractivity (Wildman–Crippen MR) is 165 cm³/mol. The van der Waals surface area contributed by atoms with Crippen LogP contribution in [-0.2, 0) is 23.7 Å². The first-order chi connectivity index (χ1) is 20.9. The van der Waals surface area contributed by atoms with Crippen LogP contribution in [0.3, 0.4) is 0 Å². The molecule has 0 aromatic heterocycles. The molecule has 10 heteroatoms. The fourth-order valence-electron chi connectivity index (χ4n) is 4.11. The minimum atomic E-state index is -1.10. The van der Waals surface area contributed by atoms with Gasteiger partial charge in [0.25, 0.3) is 0 Å². The smallest absolute Gasteiger partial charge is 0.412 e. The van der Waals surface area contributed by atoms with E-state index in [-0.39, 0.29) is 6.61 Å². The number of para-hydroxylation sites is 2. The number of esters is 1. The highest BCUT2D eigenvalue weighted by Gasteiger charge is 2.49. The SMILES string of the molecule is CC.CC.COC1OC(COC(=O)Nc2ccccc2)C(C)C(OC(=O)Nc2ccccc2)C1OC(=O)c1ccccc1. The van der Waals surface area contributed by atoms with E-state index >= 15 is 0 Å². The summed E-state index contributed by atoms with van der Waals surface area (Å²) in [5.74, 6) is -1.19. The Bertz CT molecular complexity index is 1230. The number of nitrogens with one attached hydrogen (secondary N) is 2. The van der Waals surface area contributed by atoms with Crippen LogP contribution in [0.4, 0.5) is 21.0 Å². The second-order valence-corrected chi connectivity index (χ2v) is 8.82. The summed E-state index contributed by atoms with van der Waals surface area (Å²) in [5, 5.41) is 5.29. The van der Waals surface area contributed by atoms with Gasteiger partial charge in [0.2, 0.25) is 0 Å². The molecule has 1 aliphatic heterocycles. The fraction of sp³-hybridized carbons (Fsp3) is 0.364. The van der Waals surface area contributed by atoms with Crippen molar-refractivity contribution in [2.24, 2.45) is 5.92 Å². The molecule has 0 saturated carbocycles. The number of hydrogen-bond acceptors (Lipinski definition) is 8. The van der Waals surface area contributed by atoms with E-state index in [1.807, 2.05) is 39.8 Å². The Hall–Kier alpha value is -4.41. The number of carbonyl (C=O) groups excluding carboxylic acids is 3. The van der Waals surface area contributed by atoms with Gasteiger partial charge in [-0.15, -0.1) is 0 Å². The van der Waals surface area contributed by atoms with E-state index in [1.165, 1.54) is 7.11 Å². The van der Waals surface area contributed by atoms with Gasteiger partial charge in [0.1, 0.15) is 12.7 Å². The molecule has 2 N–H and O–H groups in total. The van der Waals surface area contributed by atoms with E-state index in [9.17, 15) is 14.4 Å². The molecule has 232 valence electrons. The number of benzene rings is 3. The van der Waals surface area contributed by atoms with Crippen molar-refractivity contribution in [2.75, 3.05) is 24.4 Å². The van der Waals surface area contributed by atoms with Gasteiger partial charge in [-0.05, 0) is 36.4 Å². The third-order valence-corrected chi connectivity index (χ3v) is 6.15. The molecular weight excluding hydrogens is 552 g/mol. The number of amides is 2. The van der Waals surface area contributed by atoms with Gasteiger partial charge in [-0.3, -0.25) is 10.6 Å². The van der Waals surface area contributed by atoms with E-state index in [1.54, 1.807) is 85.8 Å². The average Bonchev–Trinajstić information content (AvgIpc) is 3.05. The number of anilines is 2. The minimum absolute atomic E-state index is 0.167. The number of methoxy groups -OCH3 is 1. The second-order valence-electron chi connectivity index (χ2n) is 8.82. The highest BCUT2D eigenvalue weighted by molar-refractivity contribution is 5.89. The quantitative estimate of drug-likeness (QED) is 0.209. The largest absolute Gasteiger partial charge is 0.449 e. The molecule has 0 radical (unpaired) electrons. The first kappa shape index (κ1) is 34.8. The van der Waals surface area contributed by atoms with E-state index in [0.29, 0.717) is 16.9 Å². The average molecular weight is 595 g/mol. The summed E-state index contributed by atoms with van der Waals surface area (Å²) in [4.78, 5) is 38.1. The molecule has 1 aliphatic rings. The number of rotatable bonds is 8. The van der Waals surface area contributed by atoms with Gasteiger partial charge < -0.3 is 23.7 Å². The third-order valence-electron chi connectivity index (χ3n) is 6.15. The molecule has 4 rings (SSSR count). The van der Waals surface area contributed by atoms with Crippen LogP contribution in [0.2, 0.25) is 0 Å². The van der Waals surface area contributed by atoms with Crippen LogP contribution in [0, 0.1) is 5.92 Å². The van der Waals surface area contributed by atoms with Crippen molar-refractivity contribution in [3.63, 3.8) is 0 Å². The zero-order valence-corrected chi connectivity index (χ0v) is 25.5. The highest BCUT2D eigenvalue weighted by Crippen LogP contribution is 2.32. The second kappa shape index (κ2) is 18.9. The van der Waals surface area contributed by atoms with Crippen molar-refractivity contribution in [1.82, 2.24) is 0 Å². The van der Waals surface area contributed by atoms with Crippen molar-refractivity contribution < 1.29 is 38.1 Å². The predicted octanol–water partition coefficient (Wildman–Crippen LogP) is 7.14. The van der Waals surface area contributed by atoms with Crippen LogP contribution in [0.15, 0.2) is 91.0 Å². The van der Waals surface area contributed by atoms with Crippen LogP contribution in [0.5, 0.6) is 0 Å². The molecule has 1 saturated heterocycles. The molecule has 1 heterocycles. The molecule has 0 aliphatic carbocycles. The van der Waals surface area contributed by atoms with Crippen LogP contribution < -0.4 is 10.6 Å². The summed E-state index contributed by atoms with van der Waals surface area (Å²) in [6.45, 7) is 9.58. The van der Waals surface area contributed by atoms with Crippen molar-refractivity contribution in [3.8, 4) is 0 Å². The van der Waals surface area contributed by atoms with Crippen LogP contribution >= 0.6 is 0 Å². The fourth-order valence-corrected chi connectivity index (χ4v) is 4.11. The molecule has 3 aromatic rings. The molecule has 43 heavy (non-hydrogen) atoms. The van der Waals surface area contributed by atoms with E-state index in [4.69, 9.17) is 23.7 Å². The van der Waals surface area contributed by atoms with Crippen molar-refractivity contribution in [3.05, 3.63) is 96.6 Å². The summed E-state index contributed by atoms with van der Waals surface area (Å²) in [5.41, 5.74) is 1.41.